The van der Waals surface area contributed by atoms with E-state index < -0.39 is 5.97 Å². The van der Waals surface area contributed by atoms with Crippen LogP contribution < -0.4 is 0 Å². The van der Waals surface area contributed by atoms with Gasteiger partial charge in [-0.1, -0.05) is 19.4 Å². The van der Waals surface area contributed by atoms with Crippen LogP contribution in [-0.2, 0) is 9.53 Å². The highest BCUT2D eigenvalue weighted by atomic mass is 16.5. The highest BCUT2D eigenvalue weighted by Gasteiger charge is 2.21. The Hall–Kier alpha value is -0.830. The SMILES string of the molecule is CC/C(C(=O)O)=C1\CCOCC1C. The van der Waals surface area contributed by atoms with Crippen molar-refractivity contribution in [1.82, 2.24) is 0 Å². The number of aliphatic carboxylic acids is 1. The fourth-order valence-corrected chi connectivity index (χ4v) is 1.75. The minimum absolute atomic E-state index is 0.264. The third-order valence-corrected chi connectivity index (χ3v) is 2.48. The lowest BCUT2D eigenvalue weighted by Gasteiger charge is -2.24. The van der Waals surface area contributed by atoms with Crippen molar-refractivity contribution in [3.8, 4) is 0 Å². The van der Waals surface area contributed by atoms with E-state index in [1.807, 2.05) is 13.8 Å². The first-order valence-electron chi connectivity index (χ1n) is 4.69. The lowest BCUT2D eigenvalue weighted by molar-refractivity contribution is -0.132. The van der Waals surface area contributed by atoms with Gasteiger partial charge in [0.25, 0.3) is 0 Å². The third-order valence-electron chi connectivity index (χ3n) is 2.48. The minimum atomic E-state index is -0.772. The van der Waals surface area contributed by atoms with Crippen molar-refractivity contribution >= 4 is 5.97 Å². The molecule has 13 heavy (non-hydrogen) atoms. The topological polar surface area (TPSA) is 46.5 Å². The molecule has 0 spiro atoms. The molecule has 0 aromatic rings. The summed E-state index contributed by atoms with van der Waals surface area (Å²) in [6.07, 6.45) is 1.38. The summed E-state index contributed by atoms with van der Waals surface area (Å²) >= 11 is 0. The van der Waals surface area contributed by atoms with Crippen LogP contribution >= 0.6 is 0 Å². The fraction of sp³-hybridized carbons (Fsp3) is 0.700. The number of carboxylic acids is 1. The molecular formula is C10H16O3. The predicted octanol–water partition coefficient (Wildman–Crippen LogP) is 1.83. The van der Waals surface area contributed by atoms with E-state index in [0.717, 1.165) is 12.0 Å². The molecule has 1 aliphatic rings. The standard InChI is InChI=1S/C10H16O3/c1-3-8(10(11)12)9-4-5-13-6-7(9)2/h7H,3-6H2,1-2H3,(H,11,12)/b9-8-. The van der Waals surface area contributed by atoms with Crippen molar-refractivity contribution in [3.63, 3.8) is 0 Å². The van der Waals surface area contributed by atoms with E-state index >= 15 is 0 Å². The van der Waals surface area contributed by atoms with Gasteiger partial charge in [-0.05, 0) is 12.8 Å². The molecule has 1 unspecified atom stereocenters. The Morgan fingerprint density at radius 1 is 1.69 bits per heavy atom. The van der Waals surface area contributed by atoms with E-state index in [9.17, 15) is 4.79 Å². The molecule has 0 aliphatic carbocycles. The number of carboxylic acid groups (broad SMARTS) is 1. The Bertz CT molecular complexity index is 230. The Balaban J connectivity index is 2.89. The van der Waals surface area contributed by atoms with Gasteiger partial charge in [-0.3, -0.25) is 0 Å². The molecule has 3 nitrogen and oxygen atoms in total. The van der Waals surface area contributed by atoms with Crippen molar-refractivity contribution in [2.45, 2.75) is 26.7 Å². The maximum Gasteiger partial charge on any atom is 0.331 e. The quantitative estimate of drug-likeness (QED) is 0.666. The van der Waals surface area contributed by atoms with E-state index in [1.165, 1.54) is 0 Å². The van der Waals surface area contributed by atoms with Crippen LogP contribution in [0.15, 0.2) is 11.1 Å². The predicted molar refractivity (Wildman–Crippen MR) is 49.6 cm³/mol. The second-order valence-corrected chi connectivity index (χ2v) is 3.39. The van der Waals surface area contributed by atoms with Gasteiger partial charge in [-0.25, -0.2) is 4.79 Å². The van der Waals surface area contributed by atoms with Crippen LogP contribution in [0, 0.1) is 5.92 Å². The zero-order chi connectivity index (χ0) is 9.84. The van der Waals surface area contributed by atoms with Gasteiger partial charge in [0.15, 0.2) is 0 Å². The Morgan fingerprint density at radius 2 is 2.38 bits per heavy atom. The number of hydrogen-bond acceptors (Lipinski definition) is 2. The largest absolute Gasteiger partial charge is 0.478 e. The molecular weight excluding hydrogens is 168 g/mol. The maximum atomic E-state index is 10.9. The van der Waals surface area contributed by atoms with Gasteiger partial charge in [0, 0.05) is 11.5 Å². The Morgan fingerprint density at radius 3 is 2.85 bits per heavy atom. The van der Waals surface area contributed by atoms with Crippen LogP contribution in [0.4, 0.5) is 0 Å². The highest BCUT2D eigenvalue weighted by Crippen LogP contribution is 2.25. The second-order valence-electron chi connectivity index (χ2n) is 3.39. The molecule has 1 rings (SSSR count). The summed E-state index contributed by atoms with van der Waals surface area (Å²) in [7, 11) is 0. The lowest BCUT2D eigenvalue weighted by Crippen LogP contribution is -2.21. The molecule has 3 heteroatoms. The zero-order valence-electron chi connectivity index (χ0n) is 8.17. The molecule has 1 N–H and O–H groups in total. The molecule has 0 bridgehead atoms. The first kappa shape index (κ1) is 10.3. The van der Waals surface area contributed by atoms with Gasteiger partial charge in [0.2, 0.25) is 0 Å². The zero-order valence-corrected chi connectivity index (χ0v) is 8.17. The van der Waals surface area contributed by atoms with Gasteiger partial charge < -0.3 is 9.84 Å². The van der Waals surface area contributed by atoms with Gasteiger partial charge in [-0.15, -0.1) is 0 Å². The summed E-state index contributed by atoms with van der Waals surface area (Å²) < 4.78 is 5.26. The van der Waals surface area contributed by atoms with Crippen LogP contribution in [0.5, 0.6) is 0 Å². The molecule has 1 fully saturated rings. The maximum absolute atomic E-state index is 10.9. The van der Waals surface area contributed by atoms with E-state index in [0.29, 0.717) is 25.2 Å². The summed E-state index contributed by atoms with van der Waals surface area (Å²) in [5.74, 6) is -0.508. The van der Waals surface area contributed by atoms with Crippen LogP contribution in [0.25, 0.3) is 0 Å². The van der Waals surface area contributed by atoms with Crippen molar-refractivity contribution in [3.05, 3.63) is 11.1 Å². The van der Waals surface area contributed by atoms with Crippen molar-refractivity contribution in [2.24, 2.45) is 5.92 Å². The van der Waals surface area contributed by atoms with E-state index in [1.54, 1.807) is 0 Å². The normalized spacial score (nSPS) is 27.1. The van der Waals surface area contributed by atoms with Crippen LogP contribution in [0.2, 0.25) is 0 Å². The summed E-state index contributed by atoms with van der Waals surface area (Å²) in [4.78, 5) is 10.9. The van der Waals surface area contributed by atoms with Crippen LogP contribution in [0.1, 0.15) is 26.7 Å². The number of carbonyl (C=O) groups is 1. The molecule has 74 valence electrons. The summed E-state index contributed by atoms with van der Waals surface area (Å²) in [5.41, 5.74) is 1.65. The molecule has 0 amide bonds. The summed E-state index contributed by atoms with van der Waals surface area (Å²) in [6, 6.07) is 0. The molecule has 0 aromatic heterocycles. The summed E-state index contributed by atoms with van der Waals surface area (Å²) in [5, 5.41) is 8.94. The second kappa shape index (κ2) is 4.42. The Kier molecular flexibility index (Phi) is 3.48. The molecule has 1 saturated heterocycles. The number of rotatable bonds is 2. The molecule has 0 aromatic carbocycles. The van der Waals surface area contributed by atoms with E-state index in [4.69, 9.17) is 9.84 Å². The third kappa shape index (κ3) is 2.31. The Labute approximate surface area is 78.4 Å². The lowest BCUT2D eigenvalue weighted by atomic mass is 9.91. The van der Waals surface area contributed by atoms with Crippen molar-refractivity contribution in [1.29, 1.82) is 0 Å². The average molecular weight is 184 g/mol. The number of hydrogen-bond donors (Lipinski definition) is 1. The fourth-order valence-electron chi connectivity index (χ4n) is 1.75. The monoisotopic (exact) mass is 184 g/mol. The molecule has 0 saturated carbocycles. The van der Waals surface area contributed by atoms with Crippen LogP contribution in [-0.4, -0.2) is 24.3 Å². The molecule has 0 radical (unpaired) electrons. The molecule has 1 heterocycles. The van der Waals surface area contributed by atoms with E-state index in [2.05, 4.69) is 0 Å². The molecule has 1 aliphatic heterocycles. The van der Waals surface area contributed by atoms with Gasteiger partial charge in [-0.2, -0.15) is 0 Å². The first-order chi connectivity index (χ1) is 6.16. The van der Waals surface area contributed by atoms with Crippen molar-refractivity contribution in [2.75, 3.05) is 13.2 Å². The van der Waals surface area contributed by atoms with Gasteiger partial charge in [0.1, 0.15) is 0 Å². The highest BCUT2D eigenvalue weighted by molar-refractivity contribution is 5.87. The number of ether oxygens (including phenoxy) is 1. The van der Waals surface area contributed by atoms with Gasteiger partial charge >= 0.3 is 5.97 Å². The molecule has 1 atom stereocenters. The van der Waals surface area contributed by atoms with Crippen LogP contribution in [0.3, 0.4) is 0 Å². The average Bonchev–Trinajstić information content (AvgIpc) is 2.09. The summed E-state index contributed by atoms with van der Waals surface area (Å²) in [6.45, 7) is 5.23. The first-order valence-corrected chi connectivity index (χ1v) is 4.69. The van der Waals surface area contributed by atoms with E-state index in [-0.39, 0.29) is 5.92 Å². The van der Waals surface area contributed by atoms with Crippen molar-refractivity contribution < 1.29 is 14.6 Å². The van der Waals surface area contributed by atoms with Gasteiger partial charge in [0.05, 0.1) is 13.2 Å². The smallest absolute Gasteiger partial charge is 0.331 e. The minimum Gasteiger partial charge on any atom is -0.478 e.